The van der Waals surface area contributed by atoms with E-state index in [1.807, 2.05) is 6.20 Å². The standard InChI is InChI=1S/C13H24N4O/c1-3-4-7-12-10-17(16-15-12)13(11(2)18)8-5-6-9-14/h10,13H,3-9,14H2,1-2H3. The van der Waals surface area contributed by atoms with E-state index < -0.39 is 0 Å². The molecule has 1 unspecified atom stereocenters. The average molecular weight is 252 g/mol. The van der Waals surface area contributed by atoms with E-state index in [-0.39, 0.29) is 11.8 Å². The van der Waals surface area contributed by atoms with Gasteiger partial charge in [-0.2, -0.15) is 0 Å². The minimum Gasteiger partial charge on any atom is -0.330 e. The molecule has 5 heteroatoms. The van der Waals surface area contributed by atoms with Crippen LogP contribution in [0.1, 0.15) is 57.7 Å². The maximum absolute atomic E-state index is 11.6. The molecule has 102 valence electrons. The number of unbranched alkanes of at least 4 members (excludes halogenated alkanes) is 2. The molecule has 1 heterocycles. The van der Waals surface area contributed by atoms with Gasteiger partial charge in [-0.25, -0.2) is 4.68 Å². The molecule has 0 aromatic carbocycles. The summed E-state index contributed by atoms with van der Waals surface area (Å²) in [5.41, 5.74) is 6.44. The Labute approximate surface area is 109 Å². The third-order valence-corrected chi connectivity index (χ3v) is 3.06. The van der Waals surface area contributed by atoms with Crippen molar-refractivity contribution in [2.45, 2.75) is 58.4 Å². The molecule has 0 saturated heterocycles. The van der Waals surface area contributed by atoms with Crippen molar-refractivity contribution in [1.82, 2.24) is 15.0 Å². The number of aromatic nitrogens is 3. The third kappa shape index (κ3) is 4.56. The van der Waals surface area contributed by atoms with E-state index >= 15 is 0 Å². The van der Waals surface area contributed by atoms with Crippen LogP contribution in [-0.2, 0) is 11.2 Å². The maximum atomic E-state index is 11.6. The van der Waals surface area contributed by atoms with Crippen molar-refractivity contribution in [3.05, 3.63) is 11.9 Å². The van der Waals surface area contributed by atoms with E-state index in [2.05, 4.69) is 17.2 Å². The number of carbonyl (C=O) groups excluding carboxylic acids is 1. The van der Waals surface area contributed by atoms with Gasteiger partial charge in [0.1, 0.15) is 6.04 Å². The Hall–Kier alpha value is -1.23. The van der Waals surface area contributed by atoms with Crippen LogP contribution in [0, 0.1) is 0 Å². The summed E-state index contributed by atoms with van der Waals surface area (Å²) in [5, 5.41) is 8.21. The van der Waals surface area contributed by atoms with Gasteiger partial charge in [0.05, 0.1) is 5.69 Å². The number of Topliss-reactive ketones (excluding diaryl/α,β-unsaturated/α-hetero) is 1. The molecule has 0 amide bonds. The molecule has 0 spiro atoms. The minimum atomic E-state index is -0.181. The number of aryl methyl sites for hydroxylation is 1. The molecular formula is C13H24N4O. The van der Waals surface area contributed by atoms with Gasteiger partial charge < -0.3 is 5.73 Å². The Bertz CT molecular complexity index is 362. The summed E-state index contributed by atoms with van der Waals surface area (Å²) in [6.07, 6.45) is 7.78. The molecular weight excluding hydrogens is 228 g/mol. The zero-order valence-corrected chi connectivity index (χ0v) is 11.4. The first-order valence-electron chi connectivity index (χ1n) is 6.80. The fourth-order valence-corrected chi connectivity index (χ4v) is 1.94. The van der Waals surface area contributed by atoms with Crippen molar-refractivity contribution >= 4 is 5.78 Å². The summed E-state index contributed by atoms with van der Waals surface area (Å²) >= 11 is 0. The summed E-state index contributed by atoms with van der Waals surface area (Å²) in [6, 6.07) is -0.181. The number of rotatable bonds is 9. The summed E-state index contributed by atoms with van der Waals surface area (Å²) in [5.74, 6) is 0.138. The highest BCUT2D eigenvalue weighted by molar-refractivity contribution is 5.79. The van der Waals surface area contributed by atoms with Crippen molar-refractivity contribution in [2.75, 3.05) is 6.54 Å². The molecule has 1 aromatic heterocycles. The topological polar surface area (TPSA) is 73.8 Å². The zero-order chi connectivity index (χ0) is 13.4. The average Bonchev–Trinajstić information content (AvgIpc) is 2.80. The molecule has 0 radical (unpaired) electrons. The number of nitrogens with zero attached hydrogens (tertiary/aromatic N) is 3. The highest BCUT2D eigenvalue weighted by atomic mass is 16.1. The van der Waals surface area contributed by atoms with Gasteiger partial charge in [0.2, 0.25) is 0 Å². The first-order valence-corrected chi connectivity index (χ1v) is 6.80. The molecule has 18 heavy (non-hydrogen) atoms. The lowest BCUT2D eigenvalue weighted by Gasteiger charge is -2.12. The molecule has 0 bridgehead atoms. The monoisotopic (exact) mass is 252 g/mol. The molecule has 5 nitrogen and oxygen atoms in total. The van der Waals surface area contributed by atoms with Crippen LogP contribution in [0.2, 0.25) is 0 Å². The van der Waals surface area contributed by atoms with Gasteiger partial charge in [0, 0.05) is 6.20 Å². The molecule has 0 saturated carbocycles. The Balaban J connectivity index is 2.61. The van der Waals surface area contributed by atoms with Gasteiger partial charge in [-0.05, 0) is 45.6 Å². The predicted molar refractivity (Wildman–Crippen MR) is 71.3 cm³/mol. The highest BCUT2D eigenvalue weighted by Gasteiger charge is 2.17. The van der Waals surface area contributed by atoms with E-state index in [4.69, 9.17) is 5.73 Å². The highest BCUT2D eigenvalue weighted by Crippen LogP contribution is 2.16. The lowest BCUT2D eigenvalue weighted by atomic mass is 10.1. The number of carbonyl (C=O) groups is 1. The van der Waals surface area contributed by atoms with E-state index in [1.54, 1.807) is 11.6 Å². The molecule has 0 aliphatic carbocycles. The maximum Gasteiger partial charge on any atom is 0.154 e. The molecule has 1 aromatic rings. The Morgan fingerprint density at radius 1 is 1.44 bits per heavy atom. The van der Waals surface area contributed by atoms with Crippen LogP contribution in [0.3, 0.4) is 0 Å². The van der Waals surface area contributed by atoms with Crippen LogP contribution in [0.5, 0.6) is 0 Å². The largest absolute Gasteiger partial charge is 0.330 e. The van der Waals surface area contributed by atoms with Gasteiger partial charge in [-0.15, -0.1) is 5.10 Å². The summed E-state index contributed by atoms with van der Waals surface area (Å²) in [7, 11) is 0. The van der Waals surface area contributed by atoms with Crippen molar-refractivity contribution < 1.29 is 4.79 Å². The van der Waals surface area contributed by atoms with Gasteiger partial charge in [-0.1, -0.05) is 18.6 Å². The summed E-state index contributed by atoms with van der Waals surface area (Å²) < 4.78 is 1.71. The number of ketones is 1. The molecule has 0 aliphatic heterocycles. The van der Waals surface area contributed by atoms with Crippen LogP contribution in [0.25, 0.3) is 0 Å². The van der Waals surface area contributed by atoms with Gasteiger partial charge in [0.25, 0.3) is 0 Å². The molecule has 0 fully saturated rings. The van der Waals surface area contributed by atoms with Gasteiger partial charge in [0.15, 0.2) is 5.78 Å². The third-order valence-electron chi connectivity index (χ3n) is 3.06. The van der Waals surface area contributed by atoms with E-state index in [1.165, 1.54) is 0 Å². The predicted octanol–water partition coefficient (Wildman–Crippen LogP) is 1.88. The number of hydrogen-bond donors (Lipinski definition) is 1. The normalized spacial score (nSPS) is 12.6. The SMILES string of the molecule is CCCCc1cn(C(CCCCN)C(C)=O)nn1. The fourth-order valence-electron chi connectivity index (χ4n) is 1.94. The Morgan fingerprint density at radius 2 is 2.22 bits per heavy atom. The summed E-state index contributed by atoms with van der Waals surface area (Å²) in [6.45, 7) is 4.43. The van der Waals surface area contributed by atoms with Crippen molar-refractivity contribution in [3.63, 3.8) is 0 Å². The van der Waals surface area contributed by atoms with Crippen LogP contribution in [0.4, 0.5) is 0 Å². The second-order valence-corrected chi connectivity index (χ2v) is 4.70. The van der Waals surface area contributed by atoms with Crippen LogP contribution < -0.4 is 5.73 Å². The van der Waals surface area contributed by atoms with Gasteiger partial charge >= 0.3 is 0 Å². The molecule has 1 atom stereocenters. The second kappa shape index (κ2) is 7.97. The molecule has 2 N–H and O–H groups in total. The van der Waals surface area contributed by atoms with Crippen LogP contribution in [-0.4, -0.2) is 27.3 Å². The van der Waals surface area contributed by atoms with Crippen molar-refractivity contribution in [1.29, 1.82) is 0 Å². The van der Waals surface area contributed by atoms with Crippen molar-refractivity contribution in [2.24, 2.45) is 5.73 Å². The number of nitrogens with two attached hydrogens (primary N) is 1. The number of hydrogen-bond acceptors (Lipinski definition) is 4. The quantitative estimate of drug-likeness (QED) is 0.681. The van der Waals surface area contributed by atoms with E-state index in [0.717, 1.165) is 44.2 Å². The lowest BCUT2D eigenvalue weighted by molar-refractivity contribution is -0.120. The first-order chi connectivity index (χ1) is 8.69. The first kappa shape index (κ1) is 14.8. The van der Waals surface area contributed by atoms with Crippen LogP contribution in [0.15, 0.2) is 6.20 Å². The minimum absolute atomic E-state index is 0.138. The fraction of sp³-hybridized carbons (Fsp3) is 0.769. The van der Waals surface area contributed by atoms with Crippen molar-refractivity contribution in [3.8, 4) is 0 Å². The lowest BCUT2D eigenvalue weighted by Crippen LogP contribution is -2.18. The van der Waals surface area contributed by atoms with Crippen LogP contribution >= 0.6 is 0 Å². The Kier molecular flexibility index (Phi) is 6.57. The smallest absolute Gasteiger partial charge is 0.154 e. The molecule has 1 rings (SSSR count). The van der Waals surface area contributed by atoms with E-state index in [0.29, 0.717) is 6.54 Å². The zero-order valence-electron chi connectivity index (χ0n) is 11.4. The van der Waals surface area contributed by atoms with E-state index in [9.17, 15) is 4.79 Å². The van der Waals surface area contributed by atoms with Gasteiger partial charge in [-0.3, -0.25) is 4.79 Å². The molecule has 0 aliphatic rings. The summed E-state index contributed by atoms with van der Waals surface area (Å²) in [4.78, 5) is 11.6. The second-order valence-electron chi connectivity index (χ2n) is 4.70. The Morgan fingerprint density at radius 3 is 2.83 bits per heavy atom.